The molecule has 2 N–H and O–H groups in total. The van der Waals surface area contributed by atoms with Crippen LogP contribution in [-0.2, 0) is 0 Å². The Balaban J connectivity index is 1.78. The molecular weight excluding hydrogens is 350 g/mol. The Morgan fingerprint density at radius 1 is 1.18 bits per heavy atom. The molecule has 3 aromatic rings. The molecule has 28 heavy (non-hydrogen) atoms. The molecule has 5 heteroatoms. The number of aromatic nitrogens is 1. The van der Waals surface area contributed by atoms with Crippen LogP contribution in [0.25, 0.3) is 10.9 Å². The van der Waals surface area contributed by atoms with Crippen molar-refractivity contribution < 1.29 is 9.53 Å². The van der Waals surface area contributed by atoms with Crippen molar-refractivity contribution in [1.82, 2.24) is 10.3 Å². The Bertz CT molecular complexity index is 1020. The first kappa shape index (κ1) is 18.3. The number of anilines is 1. The summed E-state index contributed by atoms with van der Waals surface area (Å²) >= 11 is 0. The number of unbranched alkanes of at least 4 members (excludes halogenated alkanes) is 1. The fourth-order valence-corrected chi connectivity index (χ4v) is 3.55. The molecule has 2 aromatic carbocycles. The van der Waals surface area contributed by atoms with Crippen LogP contribution in [0.3, 0.4) is 0 Å². The molecule has 1 atom stereocenters. The van der Waals surface area contributed by atoms with Gasteiger partial charge in [-0.1, -0.05) is 43.7 Å². The van der Waals surface area contributed by atoms with Gasteiger partial charge in [-0.3, -0.25) is 4.79 Å². The maximum atomic E-state index is 12.4. The summed E-state index contributed by atoms with van der Waals surface area (Å²) in [5.41, 5.74) is 4.52. The average Bonchev–Trinajstić information content (AvgIpc) is 2.87. The van der Waals surface area contributed by atoms with Gasteiger partial charge in [-0.2, -0.15) is 0 Å². The molecule has 1 aromatic heterocycles. The van der Waals surface area contributed by atoms with Crippen molar-refractivity contribution in [2.24, 2.45) is 0 Å². The molecule has 0 aliphatic carbocycles. The lowest BCUT2D eigenvalue weighted by Gasteiger charge is -2.21. The summed E-state index contributed by atoms with van der Waals surface area (Å²) in [6, 6.07) is 15.8. The van der Waals surface area contributed by atoms with Crippen LogP contribution in [0.4, 0.5) is 5.69 Å². The monoisotopic (exact) mass is 375 g/mol. The number of benzene rings is 2. The second-order valence-electron chi connectivity index (χ2n) is 7.18. The second kappa shape index (κ2) is 7.89. The number of para-hydroxylation sites is 2. The van der Waals surface area contributed by atoms with Crippen molar-refractivity contribution in [3.8, 4) is 5.88 Å². The number of pyridine rings is 1. The summed E-state index contributed by atoms with van der Waals surface area (Å²) in [5.74, 6) is 0.574. The van der Waals surface area contributed by atoms with Crippen molar-refractivity contribution in [1.29, 1.82) is 0 Å². The first-order valence-electron chi connectivity index (χ1n) is 9.84. The second-order valence-corrected chi connectivity index (χ2v) is 7.18. The molecule has 144 valence electrons. The SMILES string of the molecule is CCCCOc1nc2c(C)cccc2cc1C1CNC(=O)c2ccccc2N1. The zero-order valence-electron chi connectivity index (χ0n) is 16.3. The van der Waals surface area contributed by atoms with E-state index in [4.69, 9.17) is 9.72 Å². The molecule has 0 radical (unpaired) electrons. The lowest BCUT2D eigenvalue weighted by atomic mass is 10.0. The van der Waals surface area contributed by atoms with E-state index in [0.717, 1.165) is 40.6 Å². The van der Waals surface area contributed by atoms with Crippen LogP contribution in [0.5, 0.6) is 5.88 Å². The predicted molar refractivity (Wildman–Crippen MR) is 112 cm³/mol. The first-order chi connectivity index (χ1) is 13.7. The number of carbonyl (C=O) groups is 1. The van der Waals surface area contributed by atoms with Gasteiger partial charge in [0, 0.05) is 23.2 Å². The molecule has 2 heterocycles. The summed E-state index contributed by atoms with van der Waals surface area (Å²) in [4.78, 5) is 17.3. The van der Waals surface area contributed by atoms with Crippen LogP contribution >= 0.6 is 0 Å². The largest absolute Gasteiger partial charge is 0.477 e. The van der Waals surface area contributed by atoms with Gasteiger partial charge in [0.25, 0.3) is 5.91 Å². The number of nitrogens with zero attached hydrogens (tertiary/aromatic N) is 1. The minimum Gasteiger partial charge on any atom is -0.477 e. The highest BCUT2D eigenvalue weighted by atomic mass is 16.5. The van der Waals surface area contributed by atoms with E-state index in [-0.39, 0.29) is 11.9 Å². The molecule has 1 amide bonds. The predicted octanol–water partition coefficient (Wildman–Crippen LogP) is 4.62. The lowest BCUT2D eigenvalue weighted by molar-refractivity contribution is 0.0955. The third-order valence-electron chi connectivity index (χ3n) is 5.12. The summed E-state index contributed by atoms with van der Waals surface area (Å²) in [6.45, 7) is 5.30. The molecule has 0 saturated heterocycles. The highest BCUT2D eigenvalue weighted by Crippen LogP contribution is 2.33. The van der Waals surface area contributed by atoms with E-state index < -0.39 is 0 Å². The fraction of sp³-hybridized carbons (Fsp3) is 0.304. The number of nitrogens with one attached hydrogen (secondary N) is 2. The Hall–Kier alpha value is -3.08. The van der Waals surface area contributed by atoms with Gasteiger partial charge in [-0.05, 0) is 37.1 Å². The Morgan fingerprint density at radius 3 is 2.89 bits per heavy atom. The van der Waals surface area contributed by atoms with Crippen molar-refractivity contribution in [2.45, 2.75) is 32.7 Å². The smallest absolute Gasteiger partial charge is 0.253 e. The molecule has 4 rings (SSSR count). The van der Waals surface area contributed by atoms with Crippen LogP contribution in [0, 0.1) is 6.92 Å². The van der Waals surface area contributed by atoms with Crippen molar-refractivity contribution in [2.75, 3.05) is 18.5 Å². The van der Waals surface area contributed by atoms with Crippen LogP contribution in [0.15, 0.2) is 48.5 Å². The van der Waals surface area contributed by atoms with Gasteiger partial charge >= 0.3 is 0 Å². The van der Waals surface area contributed by atoms with Crippen molar-refractivity contribution in [3.05, 3.63) is 65.2 Å². The summed E-state index contributed by atoms with van der Waals surface area (Å²) in [6.07, 6.45) is 2.04. The molecule has 1 aliphatic rings. The minimum absolute atomic E-state index is 0.0661. The molecule has 0 saturated carbocycles. The number of carbonyl (C=O) groups excluding carboxylic acids is 1. The summed E-state index contributed by atoms with van der Waals surface area (Å²) in [7, 11) is 0. The number of fused-ring (bicyclic) bond motifs is 2. The molecular formula is C23H25N3O2. The zero-order chi connectivity index (χ0) is 19.5. The average molecular weight is 375 g/mol. The molecule has 0 fully saturated rings. The van der Waals surface area contributed by atoms with Gasteiger partial charge in [-0.25, -0.2) is 4.98 Å². The van der Waals surface area contributed by atoms with Gasteiger partial charge < -0.3 is 15.4 Å². The van der Waals surface area contributed by atoms with E-state index in [9.17, 15) is 4.79 Å². The molecule has 5 nitrogen and oxygen atoms in total. The quantitative estimate of drug-likeness (QED) is 0.639. The normalized spacial score (nSPS) is 16.1. The fourth-order valence-electron chi connectivity index (χ4n) is 3.55. The number of amides is 1. The standard InChI is InChI=1S/C23H25N3O2/c1-3-4-12-28-23-18(13-16-9-7-8-15(2)21(16)26-23)20-14-24-22(27)17-10-5-6-11-19(17)25-20/h5-11,13,20,25H,3-4,12,14H2,1-2H3,(H,24,27). The molecule has 1 aliphatic heterocycles. The number of hydrogen-bond donors (Lipinski definition) is 2. The summed E-state index contributed by atoms with van der Waals surface area (Å²) in [5, 5.41) is 7.60. The van der Waals surface area contributed by atoms with Gasteiger partial charge in [0.2, 0.25) is 5.88 Å². The van der Waals surface area contributed by atoms with E-state index >= 15 is 0 Å². The lowest BCUT2D eigenvalue weighted by Crippen LogP contribution is -2.28. The maximum Gasteiger partial charge on any atom is 0.253 e. The van der Waals surface area contributed by atoms with Crippen molar-refractivity contribution in [3.63, 3.8) is 0 Å². The van der Waals surface area contributed by atoms with E-state index in [1.54, 1.807) is 0 Å². The Kier molecular flexibility index (Phi) is 5.15. The van der Waals surface area contributed by atoms with Crippen LogP contribution in [0.1, 0.15) is 47.3 Å². The van der Waals surface area contributed by atoms with E-state index in [1.807, 2.05) is 30.3 Å². The topological polar surface area (TPSA) is 63.2 Å². The number of hydrogen-bond acceptors (Lipinski definition) is 4. The maximum absolute atomic E-state index is 12.4. The number of ether oxygens (including phenoxy) is 1. The summed E-state index contributed by atoms with van der Waals surface area (Å²) < 4.78 is 6.09. The molecule has 0 spiro atoms. The van der Waals surface area contributed by atoms with Crippen LogP contribution in [0.2, 0.25) is 0 Å². The molecule has 1 unspecified atom stereocenters. The third kappa shape index (κ3) is 3.52. The number of aryl methyl sites for hydroxylation is 1. The highest BCUT2D eigenvalue weighted by Gasteiger charge is 2.25. The van der Waals surface area contributed by atoms with Crippen LogP contribution in [-0.4, -0.2) is 24.0 Å². The first-order valence-corrected chi connectivity index (χ1v) is 9.84. The van der Waals surface area contributed by atoms with E-state index in [0.29, 0.717) is 24.6 Å². The Morgan fingerprint density at radius 2 is 2.04 bits per heavy atom. The zero-order valence-corrected chi connectivity index (χ0v) is 16.3. The van der Waals surface area contributed by atoms with Gasteiger partial charge in [-0.15, -0.1) is 0 Å². The third-order valence-corrected chi connectivity index (χ3v) is 5.12. The minimum atomic E-state index is -0.123. The van der Waals surface area contributed by atoms with Gasteiger partial charge in [0.05, 0.1) is 23.7 Å². The molecule has 0 bridgehead atoms. The highest BCUT2D eigenvalue weighted by molar-refractivity contribution is 6.00. The number of rotatable bonds is 5. The van der Waals surface area contributed by atoms with Gasteiger partial charge in [0.15, 0.2) is 0 Å². The Labute approximate surface area is 165 Å². The van der Waals surface area contributed by atoms with Crippen LogP contribution < -0.4 is 15.4 Å². The van der Waals surface area contributed by atoms with E-state index in [1.165, 1.54) is 0 Å². The van der Waals surface area contributed by atoms with E-state index in [2.05, 4.69) is 42.7 Å². The van der Waals surface area contributed by atoms with Crippen molar-refractivity contribution >= 4 is 22.5 Å². The van der Waals surface area contributed by atoms with Gasteiger partial charge in [0.1, 0.15) is 0 Å².